The average molecular weight is 348 g/mol. The van der Waals surface area contributed by atoms with Gasteiger partial charge in [-0.25, -0.2) is 4.39 Å². The predicted octanol–water partition coefficient (Wildman–Crippen LogP) is 3.57. The molecule has 2 rings (SSSR count). The van der Waals surface area contributed by atoms with Gasteiger partial charge < -0.3 is 5.32 Å². The van der Waals surface area contributed by atoms with E-state index in [1.807, 2.05) is 0 Å². The third kappa shape index (κ3) is 5.06. The molecule has 0 aromatic heterocycles. The molecule has 1 N–H and O–H groups in total. The number of nitrogens with one attached hydrogen (secondary N) is 1. The summed E-state index contributed by atoms with van der Waals surface area (Å²) in [6.07, 6.45) is 0.424. The Kier molecular flexibility index (Phi) is 6.31. The number of nitrogens with zero attached hydrogens (tertiary/aromatic N) is 1. The molecule has 0 aliphatic carbocycles. The van der Waals surface area contributed by atoms with E-state index in [1.54, 1.807) is 37.3 Å². The van der Waals surface area contributed by atoms with Crippen LogP contribution >= 0.6 is 11.8 Å². The van der Waals surface area contributed by atoms with E-state index in [1.165, 1.54) is 30.0 Å². The van der Waals surface area contributed by atoms with Gasteiger partial charge in [0.2, 0.25) is 5.91 Å². The van der Waals surface area contributed by atoms with Crippen molar-refractivity contribution >= 4 is 23.4 Å². The molecular formula is C17H17FN2O3S. The number of hydrogen-bond donors (Lipinski definition) is 1. The molecule has 1 amide bonds. The molecule has 0 bridgehead atoms. The minimum absolute atomic E-state index is 0.0151. The molecule has 126 valence electrons. The SMILES string of the molecule is CC(Sc1ccc([N+](=O)[O-])cc1)C(=O)NCCc1ccccc1F. The van der Waals surface area contributed by atoms with Crippen molar-refractivity contribution in [2.75, 3.05) is 6.54 Å². The van der Waals surface area contributed by atoms with Gasteiger partial charge in [-0.2, -0.15) is 0 Å². The molecule has 2 aromatic carbocycles. The maximum atomic E-state index is 13.5. The van der Waals surface area contributed by atoms with Crippen LogP contribution in [0.2, 0.25) is 0 Å². The molecule has 0 aliphatic rings. The van der Waals surface area contributed by atoms with Crippen LogP contribution in [0.4, 0.5) is 10.1 Å². The van der Waals surface area contributed by atoms with Crippen molar-refractivity contribution in [2.24, 2.45) is 0 Å². The van der Waals surface area contributed by atoms with Crippen molar-refractivity contribution in [2.45, 2.75) is 23.5 Å². The molecule has 0 heterocycles. The number of benzene rings is 2. The highest BCUT2D eigenvalue weighted by molar-refractivity contribution is 8.00. The van der Waals surface area contributed by atoms with Crippen molar-refractivity contribution in [3.8, 4) is 0 Å². The Hall–Kier alpha value is -2.41. The van der Waals surface area contributed by atoms with Gasteiger partial charge in [0.25, 0.3) is 5.69 Å². The lowest BCUT2D eigenvalue weighted by atomic mass is 10.1. The lowest BCUT2D eigenvalue weighted by molar-refractivity contribution is -0.384. The highest BCUT2D eigenvalue weighted by Crippen LogP contribution is 2.25. The van der Waals surface area contributed by atoms with Crippen molar-refractivity contribution in [1.82, 2.24) is 5.32 Å². The molecule has 7 heteroatoms. The molecule has 0 fully saturated rings. The third-order valence-electron chi connectivity index (χ3n) is 3.38. The summed E-state index contributed by atoms with van der Waals surface area (Å²) in [4.78, 5) is 23.0. The highest BCUT2D eigenvalue weighted by atomic mass is 32.2. The zero-order valence-electron chi connectivity index (χ0n) is 13.1. The number of nitro groups is 1. The largest absolute Gasteiger partial charge is 0.355 e. The topological polar surface area (TPSA) is 72.2 Å². The quantitative estimate of drug-likeness (QED) is 0.472. The van der Waals surface area contributed by atoms with Crippen molar-refractivity contribution < 1.29 is 14.1 Å². The smallest absolute Gasteiger partial charge is 0.269 e. The first-order chi connectivity index (χ1) is 11.5. The third-order valence-corrected chi connectivity index (χ3v) is 4.49. The minimum atomic E-state index is -0.465. The fraction of sp³-hybridized carbons (Fsp3) is 0.235. The Morgan fingerprint density at radius 1 is 1.25 bits per heavy atom. The second-order valence-corrected chi connectivity index (χ2v) is 6.56. The molecule has 1 unspecified atom stereocenters. The number of non-ortho nitro benzene ring substituents is 1. The zero-order valence-corrected chi connectivity index (χ0v) is 13.9. The average Bonchev–Trinajstić information content (AvgIpc) is 2.57. The van der Waals surface area contributed by atoms with Crippen LogP contribution in [0.3, 0.4) is 0 Å². The van der Waals surface area contributed by atoms with Crippen molar-refractivity contribution in [3.05, 3.63) is 70.0 Å². The first kappa shape index (κ1) is 17.9. The molecule has 5 nitrogen and oxygen atoms in total. The van der Waals surface area contributed by atoms with Crippen molar-refractivity contribution in [1.29, 1.82) is 0 Å². The first-order valence-electron chi connectivity index (χ1n) is 7.39. The fourth-order valence-electron chi connectivity index (χ4n) is 2.07. The molecule has 0 spiro atoms. The van der Waals surface area contributed by atoms with E-state index in [0.29, 0.717) is 18.5 Å². The van der Waals surface area contributed by atoms with Crippen LogP contribution in [0.25, 0.3) is 0 Å². The van der Waals surface area contributed by atoms with Crippen LogP contribution in [0, 0.1) is 15.9 Å². The first-order valence-corrected chi connectivity index (χ1v) is 8.27. The van der Waals surface area contributed by atoms with Gasteiger partial charge in [0.05, 0.1) is 10.2 Å². The van der Waals surface area contributed by atoms with Crippen LogP contribution in [0.1, 0.15) is 12.5 Å². The molecule has 0 radical (unpaired) electrons. The lowest BCUT2D eigenvalue weighted by Crippen LogP contribution is -2.32. The van der Waals surface area contributed by atoms with Gasteiger partial charge >= 0.3 is 0 Å². The van der Waals surface area contributed by atoms with E-state index >= 15 is 0 Å². The summed E-state index contributed by atoms with van der Waals surface area (Å²) in [5, 5.41) is 13.0. The summed E-state index contributed by atoms with van der Waals surface area (Å²) in [5.41, 5.74) is 0.579. The van der Waals surface area contributed by atoms with Gasteiger partial charge in [-0.15, -0.1) is 11.8 Å². The summed E-state index contributed by atoms with van der Waals surface area (Å²) >= 11 is 1.31. The Morgan fingerprint density at radius 2 is 1.92 bits per heavy atom. The molecule has 1 atom stereocenters. The van der Waals surface area contributed by atoms with Crippen LogP contribution in [-0.4, -0.2) is 22.6 Å². The summed E-state index contributed by atoms with van der Waals surface area (Å²) in [6.45, 7) is 2.11. The second-order valence-electron chi connectivity index (χ2n) is 5.14. The molecule has 0 aliphatic heterocycles. The maximum absolute atomic E-state index is 13.5. The van der Waals surface area contributed by atoms with E-state index in [-0.39, 0.29) is 22.7 Å². The molecule has 2 aromatic rings. The Balaban J connectivity index is 1.81. The number of nitro benzene ring substituents is 1. The molecule has 24 heavy (non-hydrogen) atoms. The molecular weight excluding hydrogens is 331 g/mol. The zero-order chi connectivity index (χ0) is 17.5. The Labute approximate surface area is 143 Å². The number of rotatable bonds is 7. The number of thioether (sulfide) groups is 1. The summed E-state index contributed by atoms with van der Waals surface area (Å²) in [7, 11) is 0. The van der Waals surface area contributed by atoms with E-state index < -0.39 is 4.92 Å². The van der Waals surface area contributed by atoms with E-state index in [0.717, 1.165) is 4.90 Å². The number of halogens is 1. The molecule has 0 saturated carbocycles. The van der Waals surface area contributed by atoms with Crippen LogP contribution in [-0.2, 0) is 11.2 Å². The Bertz CT molecular complexity index is 722. The summed E-state index contributed by atoms with van der Waals surface area (Å²) in [5.74, 6) is -0.435. The van der Waals surface area contributed by atoms with Crippen LogP contribution in [0.5, 0.6) is 0 Å². The van der Waals surface area contributed by atoms with Gasteiger partial charge in [-0.05, 0) is 37.1 Å². The standard InChI is InChI=1S/C17H17FN2O3S/c1-12(24-15-8-6-14(7-9-15)20(22)23)17(21)19-11-10-13-4-2-3-5-16(13)18/h2-9,12H,10-11H2,1H3,(H,19,21). The van der Waals surface area contributed by atoms with Gasteiger partial charge in [-0.1, -0.05) is 18.2 Å². The van der Waals surface area contributed by atoms with E-state index in [2.05, 4.69) is 5.32 Å². The van der Waals surface area contributed by atoms with E-state index in [4.69, 9.17) is 0 Å². The van der Waals surface area contributed by atoms with Crippen molar-refractivity contribution in [3.63, 3.8) is 0 Å². The van der Waals surface area contributed by atoms with Gasteiger partial charge in [-0.3, -0.25) is 14.9 Å². The van der Waals surface area contributed by atoms with Crippen LogP contribution < -0.4 is 5.32 Å². The summed E-state index contributed by atoms with van der Waals surface area (Å²) < 4.78 is 13.5. The highest BCUT2D eigenvalue weighted by Gasteiger charge is 2.15. The summed E-state index contributed by atoms with van der Waals surface area (Å²) in [6, 6.07) is 12.5. The molecule has 0 saturated heterocycles. The number of carbonyl (C=O) groups is 1. The lowest BCUT2D eigenvalue weighted by Gasteiger charge is -2.12. The number of carbonyl (C=O) groups excluding carboxylic acids is 1. The van der Waals surface area contributed by atoms with E-state index in [9.17, 15) is 19.3 Å². The Morgan fingerprint density at radius 3 is 2.54 bits per heavy atom. The van der Waals surface area contributed by atoms with Gasteiger partial charge in [0, 0.05) is 23.6 Å². The number of hydrogen-bond acceptors (Lipinski definition) is 4. The monoisotopic (exact) mass is 348 g/mol. The second kappa shape index (κ2) is 8.44. The minimum Gasteiger partial charge on any atom is -0.355 e. The number of amides is 1. The predicted molar refractivity (Wildman–Crippen MR) is 91.5 cm³/mol. The maximum Gasteiger partial charge on any atom is 0.269 e. The van der Waals surface area contributed by atoms with Gasteiger partial charge in [0.1, 0.15) is 5.82 Å². The fourth-order valence-corrected chi connectivity index (χ4v) is 2.96. The van der Waals surface area contributed by atoms with Gasteiger partial charge in [0.15, 0.2) is 0 Å². The normalized spacial score (nSPS) is 11.8. The van der Waals surface area contributed by atoms with Crippen LogP contribution in [0.15, 0.2) is 53.4 Å².